The SMILES string of the molecule is COc1ccc(-c2noc(Cn3ncc4ccccc43)n2)c(OC)c1. The minimum absolute atomic E-state index is 0.402. The van der Waals surface area contributed by atoms with Crippen molar-refractivity contribution in [2.45, 2.75) is 6.54 Å². The maximum atomic E-state index is 5.40. The van der Waals surface area contributed by atoms with Crippen LogP contribution >= 0.6 is 0 Å². The zero-order valence-corrected chi connectivity index (χ0v) is 13.8. The van der Waals surface area contributed by atoms with Gasteiger partial charge in [0, 0.05) is 11.5 Å². The molecule has 126 valence electrons. The van der Waals surface area contributed by atoms with Crippen molar-refractivity contribution in [1.82, 2.24) is 19.9 Å². The lowest BCUT2D eigenvalue weighted by molar-refractivity contribution is 0.367. The van der Waals surface area contributed by atoms with Crippen molar-refractivity contribution in [2.24, 2.45) is 0 Å². The number of rotatable bonds is 5. The Hall–Kier alpha value is -3.35. The summed E-state index contributed by atoms with van der Waals surface area (Å²) in [5, 5.41) is 9.51. The number of nitrogens with zero attached hydrogens (tertiary/aromatic N) is 4. The molecule has 0 aliphatic rings. The molecule has 0 saturated heterocycles. The molecule has 0 N–H and O–H groups in total. The third-order valence-electron chi connectivity index (χ3n) is 3.95. The Morgan fingerprint density at radius 1 is 1.08 bits per heavy atom. The molecule has 0 unspecified atom stereocenters. The van der Waals surface area contributed by atoms with Gasteiger partial charge in [-0.15, -0.1) is 0 Å². The van der Waals surface area contributed by atoms with Crippen molar-refractivity contribution >= 4 is 10.9 Å². The third kappa shape index (κ3) is 2.80. The average molecular weight is 336 g/mol. The Bertz CT molecular complexity index is 1020. The minimum atomic E-state index is 0.402. The standard InChI is InChI=1S/C18H16N4O3/c1-23-13-7-8-14(16(9-13)24-2)18-20-17(25-21-18)11-22-15-6-4-3-5-12(15)10-19-22/h3-10H,11H2,1-2H3. The molecule has 7 nitrogen and oxygen atoms in total. The first-order valence-corrected chi connectivity index (χ1v) is 7.74. The summed E-state index contributed by atoms with van der Waals surface area (Å²) in [6, 6.07) is 13.4. The van der Waals surface area contributed by atoms with Crippen LogP contribution in [0.25, 0.3) is 22.3 Å². The number of para-hydroxylation sites is 1. The number of ether oxygens (including phenoxy) is 2. The molecule has 7 heteroatoms. The van der Waals surface area contributed by atoms with Crippen molar-refractivity contribution in [2.75, 3.05) is 14.2 Å². The van der Waals surface area contributed by atoms with E-state index in [-0.39, 0.29) is 0 Å². The van der Waals surface area contributed by atoms with Gasteiger partial charge in [-0.05, 0) is 18.2 Å². The van der Waals surface area contributed by atoms with Crippen molar-refractivity contribution in [3.8, 4) is 22.9 Å². The number of hydrogen-bond donors (Lipinski definition) is 0. The lowest BCUT2D eigenvalue weighted by atomic mass is 10.2. The summed E-state index contributed by atoms with van der Waals surface area (Å²) in [7, 11) is 3.20. The highest BCUT2D eigenvalue weighted by Crippen LogP contribution is 2.31. The predicted octanol–water partition coefficient (Wildman–Crippen LogP) is 3.15. The summed E-state index contributed by atoms with van der Waals surface area (Å²) in [5.74, 6) is 2.26. The van der Waals surface area contributed by atoms with E-state index in [0.717, 1.165) is 16.5 Å². The molecule has 0 aliphatic carbocycles. The van der Waals surface area contributed by atoms with E-state index < -0.39 is 0 Å². The van der Waals surface area contributed by atoms with E-state index in [1.54, 1.807) is 20.3 Å². The Balaban J connectivity index is 1.64. The highest BCUT2D eigenvalue weighted by atomic mass is 16.5. The first-order chi connectivity index (χ1) is 12.3. The van der Waals surface area contributed by atoms with E-state index in [4.69, 9.17) is 14.0 Å². The fraction of sp³-hybridized carbons (Fsp3) is 0.167. The molecule has 2 heterocycles. The van der Waals surface area contributed by atoms with Crippen LogP contribution in [0.5, 0.6) is 11.5 Å². The fourth-order valence-corrected chi connectivity index (χ4v) is 2.69. The second kappa shape index (κ2) is 6.27. The first kappa shape index (κ1) is 15.2. The molecule has 0 bridgehead atoms. The van der Waals surface area contributed by atoms with Crippen LogP contribution in [0.15, 0.2) is 53.2 Å². The molecule has 0 amide bonds. The molecule has 25 heavy (non-hydrogen) atoms. The predicted molar refractivity (Wildman–Crippen MR) is 91.7 cm³/mol. The van der Waals surface area contributed by atoms with Gasteiger partial charge in [0.05, 0.1) is 31.5 Å². The fourth-order valence-electron chi connectivity index (χ4n) is 2.69. The van der Waals surface area contributed by atoms with E-state index in [0.29, 0.717) is 29.8 Å². The van der Waals surface area contributed by atoms with Crippen LogP contribution in [0.4, 0.5) is 0 Å². The number of fused-ring (bicyclic) bond motifs is 1. The summed E-state index contributed by atoms with van der Waals surface area (Å²) in [6.07, 6.45) is 1.82. The van der Waals surface area contributed by atoms with Gasteiger partial charge in [-0.25, -0.2) is 0 Å². The van der Waals surface area contributed by atoms with Gasteiger partial charge < -0.3 is 14.0 Å². The lowest BCUT2D eigenvalue weighted by Gasteiger charge is -2.07. The summed E-state index contributed by atoms with van der Waals surface area (Å²) < 4.78 is 17.8. The van der Waals surface area contributed by atoms with Gasteiger partial charge in [-0.2, -0.15) is 10.1 Å². The Morgan fingerprint density at radius 3 is 2.80 bits per heavy atom. The van der Waals surface area contributed by atoms with Crippen LogP contribution in [0.1, 0.15) is 5.89 Å². The van der Waals surface area contributed by atoms with E-state index in [2.05, 4.69) is 15.2 Å². The Labute approximate surface area is 143 Å². The third-order valence-corrected chi connectivity index (χ3v) is 3.95. The zero-order chi connectivity index (χ0) is 17.2. The second-order valence-electron chi connectivity index (χ2n) is 5.44. The zero-order valence-electron chi connectivity index (χ0n) is 13.8. The lowest BCUT2D eigenvalue weighted by Crippen LogP contribution is -2.01. The normalized spacial score (nSPS) is 11.0. The van der Waals surface area contributed by atoms with E-state index in [1.807, 2.05) is 47.3 Å². The summed E-state index contributed by atoms with van der Waals surface area (Å²) in [4.78, 5) is 4.47. The van der Waals surface area contributed by atoms with Gasteiger partial charge in [0.25, 0.3) is 0 Å². The number of aromatic nitrogens is 4. The second-order valence-corrected chi connectivity index (χ2v) is 5.44. The molecular weight excluding hydrogens is 320 g/mol. The highest BCUT2D eigenvalue weighted by molar-refractivity contribution is 5.78. The van der Waals surface area contributed by atoms with Gasteiger partial charge in [-0.3, -0.25) is 4.68 Å². The molecule has 0 aliphatic heterocycles. The van der Waals surface area contributed by atoms with Gasteiger partial charge in [0.1, 0.15) is 18.0 Å². The van der Waals surface area contributed by atoms with Crippen molar-refractivity contribution in [3.05, 3.63) is 54.6 Å². The van der Waals surface area contributed by atoms with E-state index in [9.17, 15) is 0 Å². The molecule has 4 rings (SSSR count). The summed E-state index contributed by atoms with van der Waals surface area (Å²) >= 11 is 0. The number of benzene rings is 2. The largest absolute Gasteiger partial charge is 0.497 e. The molecule has 0 fully saturated rings. The molecule has 0 atom stereocenters. The van der Waals surface area contributed by atoms with Gasteiger partial charge >= 0.3 is 0 Å². The summed E-state index contributed by atoms with van der Waals surface area (Å²) in [5.41, 5.74) is 1.76. The van der Waals surface area contributed by atoms with Crippen molar-refractivity contribution < 1.29 is 14.0 Å². The molecule has 0 radical (unpaired) electrons. The number of methoxy groups -OCH3 is 2. The minimum Gasteiger partial charge on any atom is -0.497 e. The van der Waals surface area contributed by atoms with Crippen molar-refractivity contribution in [1.29, 1.82) is 0 Å². The van der Waals surface area contributed by atoms with Gasteiger partial charge in [0.2, 0.25) is 11.7 Å². The number of hydrogen-bond acceptors (Lipinski definition) is 6. The van der Waals surface area contributed by atoms with Gasteiger partial charge in [-0.1, -0.05) is 23.4 Å². The van der Waals surface area contributed by atoms with Crippen LogP contribution in [0, 0.1) is 0 Å². The molecule has 0 spiro atoms. The monoisotopic (exact) mass is 336 g/mol. The maximum absolute atomic E-state index is 5.40. The van der Waals surface area contributed by atoms with Gasteiger partial charge in [0.15, 0.2) is 0 Å². The highest BCUT2D eigenvalue weighted by Gasteiger charge is 2.15. The molecular formula is C18H16N4O3. The Morgan fingerprint density at radius 2 is 1.96 bits per heavy atom. The quantitative estimate of drug-likeness (QED) is 0.557. The van der Waals surface area contributed by atoms with Crippen LogP contribution in [-0.4, -0.2) is 34.1 Å². The molecule has 4 aromatic rings. The first-order valence-electron chi connectivity index (χ1n) is 7.74. The van der Waals surface area contributed by atoms with E-state index in [1.165, 1.54) is 0 Å². The van der Waals surface area contributed by atoms with E-state index >= 15 is 0 Å². The average Bonchev–Trinajstić information content (AvgIpc) is 3.29. The molecule has 0 saturated carbocycles. The van der Waals surface area contributed by atoms with Crippen LogP contribution in [0.3, 0.4) is 0 Å². The van der Waals surface area contributed by atoms with Crippen LogP contribution in [-0.2, 0) is 6.54 Å². The molecule has 2 aromatic carbocycles. The topological polar surface area (TPSA) is 75.2 Å². The van der Waals surface area contributed by atoms with Crippen molar-refractivity contribution in [3.63, 3.8) is 0 Å². The molecule has 2 aromatic heterocycles. The van der Waals surface area contributed by atoms with Crippen LogP contribution in [0.2, 0.25) is 0 Å². The Kier molecular flexibility index (Phi) is 3.81. The smallest absolute Gasteiger partial charge is 0.248 e. The summed E-state index contributed by atoms with van der Waals surface area (Å²) in [6.45, 7) is 0.402. The maximum Gasteiger partial charge on any atom is 0.248 e. The van der Waals surface area contributed by atoms with Crippen LogP contribution < -0.4 is 9.47 Å².